The van der Waals surface area contributed by atoms with Crippen LogP contribution in [0.2, 0.25) is 5.02 Å². The molecule has 0 aliphatic rings. The number of para-hydroxylation sites is 1. The van der Waals surface area contributed by atoms with Crippen molar-refractivity contribution in [3.63, 3.8) is 0 Å². The SMILES string of the molecule is CCCNC(=O)C(Cc1ccccc1)N(Cc1ccc(Cl)cc1)C(=O)COc1ccccc1C(C)(C)C. The van der Waals surface area contributed by atoms with Crippen LogP contribution in [0.3, 0.4) is 0 Å². The molecule has 3 aromatic carbocycles. The Labute approximate surface area is 225 Å². The van der Waals surface area contributed by atoms with E-state index in [0.29, 0.717) is 23.7 Å². The first kappa shape index (κ1) is 28.3. The highest BCUT2D eigenvalue weighted by molar-refractivity contribution is 6.30. The number of rotatable bonds is 11. The summed E-state index contributed by atoms with van der Waals surface area (Å²) < 4.78 is 6.08. The maximum Gasteiger partial charge on any atom is 0.261 e. The summed E-state index contributed by atoms with van der Waals surface area (Å²) >= 11 is 6.09. The van der Waals surface area contributed by atoms with E-state index in [-0.39, 0.29) is 30.4 Å². The van der Waals surface area contributed by atoms with Gasteiger partial charge in [0.1, 0.15) is 11.8 Å². The number of amides is 2. The van der Waals surface area contributed by atoms with E-state index in [2.05, 4.69) is 26.1 Å². The number of nitrogens with zero attached hydrogens (tertiary/aromatic N) is 1. The van der Waals surface area contributed by atoms with E-state index in [1.165, 1.54) is 0 Å². The van der Waals surface area contributed by atoms with Gasteiger partial charge in [-0.15, -0.1) is 0 Å². The summed E-state index contributed by atoms with van der Waals surface area (Å²) in [6.45, 7) is 8.96. The van der Waals surface area contributed by atoms with Gasteiger partial charge in [-0.25, -0.2) is 0 Å². The van der Waals surface area contributed by atoms with Gasteiger partial charge in [0.25, 0.3) is 5.91 Å². The van der Waals surface area contributed by atoms with Crippen molar-refractivity contribution in [3.8, 4) is 5.75 Å². The number of hydrogen-bond acceptors (Lipinski definition) is 3. The van der Waals surface area contributed by atoms with E-state index in [1.54, 1.807) is 17.0 Å². The molecule has 0 heterocycles. The molecule has 0 radical (unpaired) electrons. The van der Waals surface area contributed by atoms with E-state index >= 15 is 0 Å². The normalized spacial score (nSPS) is 12.0. The lowest BCUT2D eigenvalue weighted by Crippen LogP contribution is -2.51. The van der Waals surface area contributed by atoms with Crippen molar-refractivity contribution in [2.45, 2.75) is 58.5 Å². The first-order valence-corrected chi connectivity index (χ1v) is 13.1. The van der Waals surface area contributed by atoms with Crippen LogP contribution in [0.1, 0.15) is 50.8 Å². The highest BCUT2D eigenvalue weighted by atomic mass is 35.5. The van der Waals surface area contributed by atoms with Gasteiger partial charge in [0.05, 0.1) is 0 Å². The smallest absolute Gasteiger partial charge is 0.261 e. The Hall–Kier alpha value is -3.31. The predicted molar refractivity (Wildman–Crippen MR) is 150 cm³/mol. The quantitative estimate of drug-likeness (QED) is 0.328. The topological polar surface area (TPSA) is 58.6 Å². The molecule has 196 valence electrons. The number of hydrogen-bond donors (Lipinski definition) is 1. The first-order chi connectivity index (χ1) is 17.7. The molecule has 1 unspecified atom stereocenters. The molecule has 3 aromatic rings. The Balaban J connectivity index is 1.92. The molecule has 0 aliphatic carbocycles. The molecule has 6 heteroatoms. The average Bonchev–Trinajstić information content (AvgIpc) is 2.89. The lowest BCUT2D eigenvalue weighted by atomic mass is 9.86. The fraction of sp³-hybridized carbons (Fsp3) is 0.355. The van der Waals surface area contributed by atoms with Gasteiger partial charge in [0, 0.05) is 24.5 Å². The van der Waals surface area contributed by atoms with E-state index in [1.807, 2.05) is 73.7 Å². The number of carbonyl (C=O) groups is 2. The molecule has 0 saturated carbocycles. The summed E-state index contributed by atoms with van der Waals surface area (Å²) in [6.07, 6.45) is 1.20. The van der Waals surface area contributed by atoms with E-state index in [9.17, 15) is 9.59 Å². The molecule has 37 heavy (non-hydrogen) atoms. The monoisotopic (exact) mass is 520 g/mol. The molecule has 0 fully saturated rings. The zero-order valence-electron chi connectivity index (χ0n) is 22.2. The molecule has 5 nitrogen and oxygen atoms in total. The highest BCUT2D eigenvalue weighted by Gasteiger charge is 2.31. The van der Waals surface area contributed by atoms with Gasteiger partial charge < -0.3 is 15.0 Å². The van der Waals surface area contributed by atoms with Crippen molar-refractivity contribution in [3.05, 3.63) is 101 Å². The maximum atomic E-state index is 13.8. The van der Waals surface area contributed by atoms with Crippen LogP contribution in [0.4, 0.5) is 0 Å². The second kappa shape index (κ2) is 13.3. The van der Waals surface area contributed by atoms with Crippen LogP contribution in [-0.2, 0) is 28.0 Å². The minimum absolute atomic E-state index is 0.140. The van der Waals surface area contributed by atoms with E-state index < -0.39 is 6.04 Å². The lowest BCUT2D eigenvalue weighted by Gasteiger charge is -2.32. The van der Waals surface area contributed by atoms with Gasteiger partial charge in [0.15, 0.2) is 6.61 Å². The summed E-state index contributed by atoms with van der Waals surface area (Å²) in [5.74, 6) is 0.235. The highest BCUT2D eigenvalue weighted by Crippen LogP contribution is 2.31. The van der Waals surface area contributed by atoms with Crippen molar-refractivity contribution in [2.75, 3.05) is 13.2 Å². The largest absolute Gasteiger partial charge is 0.483 e. The number of ether oxygens (including phenoxy) is 1. The fourth-order valence-corrected chi connectivity index (χ4v) is 4.27. The minimum Gasteiger partial charge on any atom is -0.483 e. The zero-order valence-corrected chi connectivity index (χ0v) is 22.9. The van der Waals surface area contributed by atoms with Gasteiger partial charge in [0.2, 0.25) is 5.91 Å². The summed E-state index contributed by atoms with van der Waals surface area (Å²) in [5.41, 5.74) is 2.74. The fourth-order valence-electron chi connectivity index (χ4n) is 4.14. The van der Waals surface area contributed by atoms with Crippen LogP contribution in [0.15, 0.2) is 78.9 Å². The molecule has 0 bridgehead atoms. The first-order valence-electron chi connectivity index (χ1n) is 12.8. The lowest BCUT2D eigenvalue weighted by molar-refractivity contribution is -0.142. The molecule has 3 rings (SSSR count). The molecule has 2 amide bonds. The van der Waals surface area contributed by atoms with Gasteiger partial charge in [-0.2, -0.15) is 0 Å². The molecule has 0 aromatic heterocycles. The molecule has 1 N–H and O–H groups in total. The summed E-state index contributed by atoms with van der Waals surface area (Å²) in [4.78, 5) is 28.8. The van der Waals surface area contributed by atoms with E-state index in [0.717, 1.165) is 23.1 Å². The average molecular weight is 521 g/mol. The number of halogens is 1. The van der Waals surface area contributed by atoms with Crippen LogP contribution in [-0.4, -0.2) is 35.9 Å². The van der Waals surface area contributed by atoms with Gasteiger partial charge in [-0.3, -0.25) is 9.59 Å². The standard InChI is InChI=1S/C31H37ClN2O3/c1-5-19-33-30(36)27(20-23-11-7-6-8-12-23)34(21-24-15-17-25(32)18-16-24)29(35)22-37-28-14-10-9-13-26(28)31(2,3)4/h6-18,27H,5,19-22H2,1-4H3,(H,33,36). The Morgan fingerprint density at radius 1 is 0.919 bits per heavy atom. The number of nitrogens with one attached hydrogen (secondary N) is 1. The van der Waals surface area contributed by atoms with E-state index in [4.69, 9.17) is 16.3 Å². The second-order valence-corrected chi connectivity index (χ2v) is 10.6. The summed E-state index contributed by atoms with van der Waals surface area (Å²) in [6, 6.07) is 24.2. The van der Waals surface area contributed by atoms with Crippen molar-refractivity contribution < 1.29 is 14.3 Å². The minimum atomic E-state index is -0.696. The van der Waals surface area contributed by atoms with Gasteiger partial charge in [-0.05, 0) is 46.7 Å². The van der Waals surface area contributed by atoms with Crippen LogP contribution in [0.5, 0.6) is 5.75 Å². The van der Waals surface area contributed by atoms with Gasteiger partial charge in [-0.1, -0.05) is 100.0 Å². The van der Waals surface area contributed by atoms with Crippen LogP contribution in [0, 0.1) is 0 Å². The Morgan fingerprint density at radius 2 is 1.57 bits per heavy atom. The van der Waals surface area contributed by atoms with Crippen molar-refractivity contribution >= 4 is 23.4 Å². The third-order valence-electron chi connectivity index (χ3n) is 6.13. The predicted octanol–water partition coefficient (Wildman–Crippen LogP) is 6.18. The second-order valence-electron chi connectivity index (χ2n) is 10.2. The third-order valence-corrected chi connectivity index (χ3v) is 6.38. The van der Waals surface area contributed by atoms with Crippen molar-refractivity contribution in [2.24, 2.45) is 0 Å². The molecular weight excluding hydrogens is 484 g/mol. The van der Waals surface area contributed by atoms with Crippen molar-refractivity contribution in [1.82, 2.24) is 10.2 Å². The molecule has 0 spiro atoms. The number of benzene rings is 3. The molecular formula is C31H37ClN2O3. The summed E-state index contributed by atoms with van der Waals surface area (Å²) in [5, 5.41) is 3.61. The number of carbonyl (C=O) groups excluding carboxylic acids is 2. The van der Waals surface area contributed by atoms with Crippen LogP contribution in [0.25, 0.3) is 0 Å². The Bertz CT molecular complexity index is 1160. The summed E-state index contributed by atoms with van der Waals surface area (Å²) in [7, 11) is 0. The van der Waals surface area contributed by atoms with Gasteiger partial charge >= 0.3 is 0 Å². The zero-order chi connectivity index (χ0) is 26.8. The maximum absolute atomic E-state index is 13.8. The Morgan fingerprint density at radius 3 is 2.22 bits per heavy atom. The molecule has 0 saturated heterocycles. The molecule has 1 atom stereocenters. The van der Waals surface area contributed by atoms with Crippen LogP contribution < -0.4 is 10.1 Å². The molecule has 0 aliphatic heterocycles. The Kier molecular flexibility index (Phi) is 10.2. The van der Waals surface area contributed by atoms with Crippen molar-refractivity contribution in [1.29, 1.82) is 0 Å². The third kappa shape index (κ3) is 8.36. The van der Waals surface area contributed by atoms with Crippen LogP contribution >= 0.6 is 11.6 Å².